The quantitative estimate of drug-likeness (QED) is 0.649. The van der Waals surface area contributed by atoms with Gasteiger partial charge in [0.15, 0.2) is 5.78 Å². The number of carbonyl (C=O) groups excluding carboxylic acids is 2. The van der Waals surface area contributed by atoms with Gasteiger partial charge in [0.2, 0.25) is 0 Å². The second-order valence-electron chi connectivity index (χ2n) is 7.49. The van der Waals surface area contributed by atoms with Crippen molar-refractivity contribution in [2.24, 2.45) is 0 Å². The third-order valence-corrected chi connectivity index (χ3v) is 5.79. The smallest absolute Gasteiger partial charge is 0.416 e. The number of amides is 2. The van der Waals surface area contributed by atoms with Crippen molar-refractivity contribution in [1.82, 2.24) is 4.90 Å². The van der Waals surface area contributed by atoms with E-state index in [9.17, 15) is 22.8 Å². The van der Waals surface area contributed by atoms with E-state index in [0.717, 1.165) is 12.1 Å². The molecule has 2 aromatic carbocycles. The minimum absolute atomic E-state index is 0.0404. The summed E-state index contributed by atoms with van der Waals surface area (Å²) in [6.45, 7) is 0.694. The number of carbonyl (C=O) groups is 2. The number of nitrogens with zero attached hydrogens (tertiary/aromatic N) is 1. The van der Waals surface area contributed by atoms with E-state index in [2.05, 4.69) is 5.32 Å². The van der Waals surface area contributed by atoms with Crippen LogP contribution in [0.2, 0.25) is 5.02 Å². The number of piperidine rings is 1. The normalized spacial score (nSPS) is 18.0. The number of halogens is 4. The molecule has 0 radical (unpaired) electrons. The third kappa shape index (κ3) is 3.96. The Hall–Kier alpha value is -2.74. The van der Waals surface area contributed by atoms with E-state index in [1.165, 1.54) is 12.1 Å². The lowest BCUT2D eigenvalue weighted by atomic mass is 9.82. The van der Waals surface area contributed by atoms with Crippen molar-refractivity contribution in [3.05, 3.63) is 58.6 Å². The van der Waals surface area contributed by atoms with Gasteiger partial charge in [0, 0.05) is 31.6 Å². The minimum Gasteiger partial charge on any atom is -0.484 e. The van der Waals surface area contributed by atoms with Gasteiger partial charge in [-0.25, -0.2) is 4.79 Å². The Labute approximate surface area is 175 Å². The van der Waals surface area contributed by atoms with Crippen LogP contribution in [0.4, 0.5) is 23.7 Å². The van der Waals surface area contributed by atoms with Crippen molar-refractivity contribution in [1.29, 1.82) is 0 Å². The molecule has 5 nitrogen and oxygen atoms in total. The van der Waals surface area contributed by atoms with Crippen LogP contribution in [-0.4, -0.2) is 35.4 Å². The molecule has 1 spiro atoms. The lowest BCUT2D eigenvalue weighted by Crippen LogP contribution is -2.53. The Balaban J connectivity index is 1.39. The number of hydrogen-bond acceptors (Lipinski definition) is 3. The van der Waals surface area contributed by atoms with Crippen molar-refractivity contribution in [2.45, 2.75) is 31.0 Å². The molecule has 4 rings (SSSR count). The van der Waals surface area contributed by atoms with Crippen LogP contribution in [-0.2, 0) is 6.18 Å². The number of likely N-dealkylation sites (tertiary alicyclic amines) is 1. The lowest BCUT2D eigenvalue weighted by molar-refractivity contribution is -0.137. The number of ketones is 1. The highest BCUT2D eigenvalue weighted by Crippen LogP contribution is 2.42. The second kappa shape index (κ2) is 7.50. The highest BCUT2D eigenvalue weighted by atomic mass is 35.5. The summed E-state index contributed by atoms with van der Waals surface area (Å²) in [4.78, 5) is 26.6. The first-order valence-corrected chi connectivity index (χ1v) is 9.79. The maximum Gasteiger partial charge on any atom is 0.416 e. The summed E-state index contributed by atoms with van der Waals surface area (Å²) in [5.41, 5.74) is -0.743. The number of urea groups is 1. The van der Waals surface area contributed by atoms with Gasteiger partial charge in [0.05, 0.1) is 22.6 Å². The highest BCUT2D eigenvalue weighted by Gasteiger charge is 2.44. The number of rotatable bonds is 1. The zero-order chi connectivity index (χ0) is 21.5. The molecular formula is C21H18ClF3N2O3. The van der Waals surface area contributed by atoms with Gasteiger partial charge >= 0.3 is 12.2 Å². The summed E-state index contributed by atoms with van der Waals surface area (Å²) in [7, 11) is 0. The molecule has 9 heteroatoms. The summed E-state index contributed by atoms with van der Waals surface area (Å²) >= 11 is 6.20. The molecule has 1 N–H and O–H groups in total. The number of para-hydroxylation sites is 1. The molecule has 0 aromatic heterocycles. The zero-order valence-corrected chi connectivity index (χ0v) is 16.5. The van der Waals surface area contributed by atoms with E-state index < -0.39 is 23.4 Å². The Morgan fingerprint density at radius 1 is 1.10 bits per heavy atom. The topological polar surface area (TPSA) is 58.6 Å². The van der Waals surface area contributed by atoms with Crippen molar-refractivity contribution in [2.75, 3.05) is 18.4 Å². The van der Waals surface area contributed by atoms with Crippen LogP contribution in [0.15, 0.2) is 42.5 Å². The predicted molar refractivity (Wildman–Crippen MR) is 105 cm³/mol. The highest BCUT2D eigenvalue weighted by molar-refractivity contribution is 6.32. The molecule has 158 valence electrons. The van der Waals surface area contributed by atoms with Gasteiger partial charge in [-0.15, -0.1) is 0 Å². The van der Waals surface area contributed by atoms with Gasteiger partial charge in [-0.3, -0.25) is 4.79 Å². The van der Waals surface area contributed by atoms with E-state index in [1.807, 2.05) is 0 Å². The molecule has 0 atom stereocenters. The van der Waals surface area contributed by atoms with E-state index >= 15 is 0 Å². The third-order valence-electron chi connectivity index (χ3n) is 5.49. The summed E-state index contributed by atoms with van der Waals surface area (Å²) in [6, 6.07) is 8.91. The van der Waals surface area contributed by atoms with Gasteiger partial charge in [-0.1, -0.05) is 17.7 Å². The van der Waals surface area contributed by atoms with Crippen molar-refractivity contribution in [3.63, 3.8) is 0 Å². The largest absolute Gasteiger partial charge is 0.484 e. The number of nitrogens with one attached hydrogen (secondary N) is 1. The molecule has 0 saturated carbocycles. The van der Waals surface area contributed by atoms with E-state index in [4.69, 9.17) is 16.3 Å². The Bertz CT molecular complexity index is 984. The molecule has 1 saturated heterocycles. The lowest BCUT2D eigenvalue weighted by Gasteiger charge is -2.44. The molecule has 0 unspecified atom stereocenters. The summed E-state index contributed by atoms with van der Waals surface area (Å²) < 4.78 is 44.1. The molecule has 0 bridgehead atoms. The Kier molecular flexibility index (Phi) is 5.13. The second-order valence-corrected chi connectivity index (χ2v) is 7.90. The van der Waals surface area contributed by atoms with Crippen LogP contribution < -0.4 is 10.1 Å². The average molecular weight is 439 g/mol. The first kappa shape index (κ1) is 20.5. The Morgan fingerprint density at radius 2 is 1.77 bits per heavy atom. The fourth-order valence-corrected chi connectivity index (χ4v) is 4.03. The monoisotopic (exact) mass is 438 g/mol. The van der Waals surface area contributed by atoms with Gasteiger partial charge in [-0.05, 0) is 36.4 Å². The molecule has 0 aliphatic carbocycles. The van der Waals surface area contributed by atoms with Crippen LogP contribution in [0.5, 0.6) is 5.75 Å². The number of hydrogen-bond donors (Lipinski definition) is 1. The first-order chi connectivity index (χ1) is 14.2. The molecular weight excluding hydrogens is 421 g/mol. The molecule has 1 fully saturated rings. The number of anilines is 1. The molecule has 30 heavy (non-hydrogen) atoms. The zero-order valence-electron chi connectivity index (χ0n) is 15.8. The van der Waals surface area contributed by atoms with E-state index in [-0.39, 0.29) is 17.9 Å². The predicted octanol–water partition coefficient (Wildman–Crippen LogP) is 5.39. The Morgan fingerprint density at radius 3 is 2.40 bits per heavy atom. The van der Waals surface area contributed by atoms with Crippen LogP contribution in [0.1, 0.15) is 35.2 Å². The van der Waals surface area contributed by atoms with Crippen LogP contribution in [0.25, 0.3) is 0 Å². The van der Waals surface area contributed by atoms with Crippen LogP contribution in [0, 0.1) is 0 Å². The van der Waals surface area contributed by atoms with Crippen molar-refractivity contribution in [3.8, 4) is 5.75 Å². The standard InChI is InChI=1S/C21H18ClF3N2O3/c22-16-3-1-2-15-17(28)12-20(30-18(15)16)8-10-27(11-9-20)19(29)26-14-6-4-13(5-7-14)21(23,24)25/h1-7H,8-12H2,(H,26,29). The van der Waals surface area contributed by atoms with Crippen molar-refractivity contribution < 1.29 is 27.5 Å². The summed E-state index contributed by atoms with van der Waals surface area (Å²) in [5, 5.41) is 2.98. The number of fused-ring (bicyclic) bond motifs is 1. The van der Waals surface area contributed by atoms with Gasteiger partial charge in [-0.2, -0.15) is 13.2 Å². The number of benzene rings is 2. The van der Waals surface area contributed by atoms with Gasteiger partial charge in [0.25, 0.3) is 0 Å². The first-order valence-electron chi connectivity index (χ1n) is 9.41. The molecule has 2 amide bonds. The molecule has 2 aromatic rings. The minimum atomic E-state index is -4.43. The average Bonchev–Trinajstić information content (AvgIpc) is 2.69. The molecule has 2 aliphatic heterocycles. The fourth-order valence-electron chi connectivity index (χ4n) is 3.81. The van der Waals surface area contributed by atoms with E-state index in [0.29, 0.717) is 42.3 Å². The fraction of sp³-hybridized carbons (Fsp3) is 0.333. The summed E-state index contributed by atoms with van der Waals surface area (Å²) in [6.07, 6.45) is -3.31. The number of alkyl halides is 3. The van der Waals surface area contributed by atoms with Gasteiger partial charge < -0.3 is 15.0 Å². The number of Topliss-reactive ketones (excluding diaryl/α,β-unsaturated/α-hetero) is 1. The van der Waals surface area contributed by atoms with Crippen LogP contribution in [0.3, 0.4) is 0 Å². The van der Waals surface area contributed by atoms with Gasteiger partial charge in [0.1, 0.15) is 11.4 Å². The van der Waals surface area contributed by atoms with E-state index in [1.54, 1.807) is 23.1 Å². The maximum absolute atomic E-state index is 12.7. The maximum atomic E-state index is 12.7. The SMILES string of the molecule is O=C1CC2(CCN(C(=O)Nc3ccc(C(F)(F)F)cc3)CC2)Oc2c(Cl)cccc21. The van der Waals surface area contributed by atoms with Crippen molar-refractivity contribution >= 4 is 29.1 Å². The molecule has 2 aliphatic rings. The number of ether oxygens (including phenoxy) is 1. The van der Waals surface area contributed by atoms with Crippen LogP contribution >= 0.6 is 11.6 Å². The summed E-state index contributed by atoms with van der Waals surface area (Å²) in [5.74, 6) is 0.347. The molecule has 2 heterocycles.